The van der Waals surface area contributed by atoms with Gasteiger partial charge in [-0.1, -0.05) is 0 Å². The summed E-state index contributed by atoms with van der Waals surface area (Å²) in [4.78, 5) is 32.2. The number of piperidine rings is 2. The third-order valence-corrected chi connectivity index (χ3v) is 11.4. The highest BCUT2D eigenvalue weighted by atomic mass is 32.2. The molecule has 5 rings (SSSR count). The number of ether oxygens (including phenoxy) is 1. The molecule has 10 nitrogen and oxygen atoms in total. The quantitative estimate of drug-likeness (QED) is 0.236. The molecule has 2 aromatic rings. The Bertz CT molecular complexity index is 1870. The number of hydrogen-bond donors (Lipinski definition) is 2. The molecule has 0 saturated carbocycles. The Labute approximate surface area is 301 Å². The third-order valence-electron chi connectivity index (χ3n) is 9.79. The van der Waals surface area contributed by atoms with Crippen LogP contribution in [0.15, 0.2) is 40.7 Å². The first-order valence-electron chi connectivity index (χ1n) is 16.8. The van der Waals surface area contributed by atoms with E-state index < -0.39 is 76.9 Å². The van der Waals surface area contributed by atoms with Crippen LogP contribution in [-0.4, -0.2) is 97.2 Å². The van der Waals surface area contributed by atoms with E-state index in [-0.39, 0.29) is 69.2 Å². The summed E-state index contributed by atoms with van der Waals surface area (Å²) in [5.74, 6) is -1.72. The van der Waals surface area contributed by atoms with Gasteiger partial charge < -0.3 is 20.1 Å². The van der Waals surface area contributed by atoms with Gasteiger partial charge in [-0.25, -0.2) is 12.8 Å². The van der Waals surface area contributed by atoms with Crippen LogP contribution >= 0.6 is 0 Å². The molecule has 53 heavy (non-hydrogen) atoms. The zero-order valence-corrected chi connectivity index (χ0v) is 29.7. The average Bonchev–Trinajstić information content (AvgIpc) is 3.40. The van der Waals surface area contributed by atoms with Crippen LogP contribution in [0.25, 0.3) is 6.08 Å². The first kappa shape index (κ1) is 40.2. The second-order valence-electron chi connectivity index (χ2n) is 13.6. The molecule has 2 amide bonds. The van der Waals surface area contributed by atoms with Crippen molar-refractivity contribution in [3.63, 3.8) is 0 Å². The number of halogens is 7. The number of likely N-dealkylation sites (tertiary alicyclic amines) is 1. The van der Waals surface area contributed by atoms with Crippen molar-refractivity contribution in [1.82, 2.24) is 14.5 Å². The number of carbonyl (C=O) groups excluding carboxylic acids is 2. The monoisotopic (exact) mass is 776 g/mol. The first-order chi connectivity index (χ1) is 24.7. The number of aliphatic imine (C=N–C) groups is 1. The topological polar surface area (TPSA) is 129 Å². The number of sulfonamides is 1. The molecule has 0 atom stereocenters. The predicted molar refractivity (Wildman–Crippen MR) is 180 cm³/mol. The summed E-state index contributed by atoms with van der Waals surface area (Å²) in [5, 5.41) is 13.7. The summed E-state index contributed by atoms with van der Waals surface area (Å²) in [6.45, 7) is 2.13. The lowest BCUT2D eigenvalue weighted by Crippen LogP contribution is -2.50. The number of amides is 2. The van der Waals surface area contributed by atoms with Gasteiger partial charge in [0.15, 0.2) is 0 Å². The zero-order valence-electron chi connectivity index (χ0n) is 28.9. The van der Waals surface area contributed by atoms with Gasteiger partial charge in [0.05, 0.1) is 17.8 Å². The van der Waals surface area contributed by atoms with E-state index in [2.05, 4.69) is 10.3 Å². The maximum absolute atomic E-state index is 13.9. The number of carbonyl (C=O) groups is 2. The van der Waals surface area contributed by atoms with Crippen molar-refractivity contribution in [2.24, 2.45) is 4.99 Å². The van der Waals surface area contributed by atoms with Crippen molar-refractivity contribution in [1.29, 1.82) is 0 Å². The Kier molecular flexibility index (Phi) is 11.4. The molecular weight excluding hydrogens is 737 g/mol. The van der Waals surface area contributed by atoms with Gasteiger partial charge in [0.1, 0.15) is 23.8 Å². The van der Waals surface area contributed by atoms with E-state index in [0.29, 0.717) is 28.3 Å². The molecule has 0 aliphatic carbocycles. The summed E-state index contributed by atoms with van der Waals surface area (Å²) in [7, 11) is -4.00. The SMILES string of the molecule is Cc1cc(C(=O)N2CCC(O)(CF)CC2)cc(C)c1C=CS(=O)(=O)N1CCC2(CC1)N=C(c1ccc(OCCCC(F)(F)F)c(C(F)(F)F)c1)NC2=O. The number of aliphatic hydroxyl groups is 1. The fourth-order valence-electron chi connectivity index (χ4n) is 6.63. The number of aryl methyl sites for hydroxylation is 2. The fraction of sp³-hybridized carbons (Fsp3) is 0.514. The van der Waals surface area contributed by atoms with Crippen LogP contribution in [0.3, 0.4) is 0 Å². The van der Waals surface area contributed by atoms with Gasteiger partial charge in [0.2, 0.25) is 10.0 Å². The summed E-state index contributed by atoms with van der Waals surface area (Å²) in [6.07, 6.45) is -9.63. The van der Waals surface area contributed by atoms with Gasteiger partial charge in [-0.15, -0.1) is 0 Å². The van der Waals surface area contributed by atoms with Crippen LogP contribution < -0.4 is 10.1 Å². The molecule has 0 radical (unpaired) electrons. The third kappa shape index (κ3) is 9.20. The van der Waals surface area contributed by atoms with E-state index in [1.807, 2.05) is 0 Å². The highest BCUT2D eigenvalue weighted by Crippen LogP contribution is 2.39. The molecule has 1 spiro atoms. The average molecular weight is 777 g/mol. The van der Waals surface area contributed by atoms with Crippen molar-refractivity contribution >= 4 is 33.7 Å². The highest BCUT2D eigenvalue weighted by Gasteiger charge is 2.48. The van der Waals surface area contributed by atoms with E-state index in [1.54, 1.807) is 30.9 Å². The number of benzene rings is 2. The summed E-state index contributed by atoms with van der Waals surface area (Å²) < 4.78 is 125. The van der Waals surface area contributed by atoms with E-state index in [1.165, 1.54) is 16.4 Å². The predicted octanol–water partition coefficient (Wildman–Crippen LogP) is 5.69. The number of rotatable bonds is 10. The number of amidine groups is 1. The Morgan fingerprint density at radius 3 is 2.19 bits per heavy atom. The van der Waals surface area contributed by atoms with Crippen LogP contribution in [0.5, 0.6) is 5.75 Å². The van der Waals surface area contributed by atoms with E-state index in [4.69, 9.17) is 4.74 Å². The minimum absolute atomic E-state index is 0.0595. The van der Waals surface area contributed by atoms with Crippen LogP contribution in [0.1, 0.15) is 76.7 Å². The van der Waals surface area contributed by atoms with Crippen LogP contribution in [0, 0.1) is 13.8 Å². The number of alkyl halides is 7. The highest BCUT2D eigenvalue weighted by molar-refractivity contribution is 7.92. The maximum Gasteiger partial charge on any atom is 0.419 e. The van der Waals surface area contributed by atoms with Crippen molar-refractivity contribution in [3.8, 4) is 5.75 Å². The van der Waals surface area contributed by atoms with Gasteiger partial charge in [0.25, 0.3) is 11.8 Å². The van der Waals surface area contributed by atoms with Gasteiger partial charge >= 0.3 is 12.4 Å². The Morgan fingerprint density at radius 2 is 1.62 bits per heavy atom. The van der Waals surface area contributed by atoms with Crippen molar-refractivity contribution in [3.05, 3.63) is 69.1 Å². The van der Waals surface area contributed by atoms with Crippen molar-refractivity contribution < 1.29 is 58.6 Å². The lowest BCUT2D eigenvalue weighted by molar-refractivity contribution is -0.141. The van der Waals surface area contributed by atoms with E-state index in [0.717, 1.165) is 11.5 Å². The number of nitrogens with zero attached hydrogens (tertiary/aromatic N) is 3. The largest absolute Gasteiger partial charge is 0.493 e. The van der Waals surface area contributed by atoms with Gasteiger partial charge in [-0.3, -0.25) is 14.6 Å². The molecule has 2 saturated heterocycles. The molecule has 0 aromatic heterocycles. The van der Waals surface area contributed by atoms with Crippen LogP contribution in [0.4, 0.5) is 30.7 Å². The molecule has 2 N–H and O–H groups in total. The van der Waals surface area contributed by atoms with Crippen LogP contribution in [0.2, 0.25) is 0 Å². The Morgan fingerprint density at radius 1 is 1.00 bits per heavy atom. The summed E-state index contributed by atoms with van der Waals surface area (Å²) >= 11 is 0. The smallest absolute Gasteiger partial charge is 0.419 e. The minimum atomic E-state index is -4.93. The molecular formula is C35H39F7N4O6S. The Balaban J connectivity index is 1.24. The molecule has 0 unspecified atom stereocenters. The molecule has 18 heteroatoms. The van der Waals surface area contributed by atoms with E-state index >= 15 is 0 Å². The zero-order chi connectivity index (χ0) is 39.0. The molecule has 3 aliphatic rings. The lowest BCUT2D eigenvalue weighted by Gasteiger charge is -2.36. The number of hydrogen-bond acceptors (Lipinski definition) is 7. The van der Waals surface area contributed by atoms with Gasteiger partial charge in [-0.2, -0.15) is 30.6 Å². The summed E-state index contributed by atoms with van der Waals surface area (Å²) in [6, 6.07) is 6.11. The fourth-order valence-corrected chi connectivity index (χ4v) is 7.80. The van der Waals surface area contributed by atoms with Crippen molar-refractivity contribution in [2.45, 2.75) is 75.9 Å². The first-order valence-corrected chi connectivity index (χ1v) is 18.4. The van der Waals surface area contributed by atoms with Gasteiger partial charge in [-0.05, 0) is 99.0 Å². The standard InChI is InChI=1S/C35H39F7N4O6S/c1-22-18-25(30(47)45-12-8-32(49,21-36)9-13-45)19-23(2)26(22)6-17-53(50,51)46-14-10-33(11-15-46)31(48)43-29(44-33)24-4-5-28(27(20-24)35(40,41)42)52-16-3-7-34(37,38)39/h4-6,17-20,49H,3,7-16,21H2,1-2H3,(H,43,44,48). The minimum Gasteiger partial charge on any atom is -0.493 e. The molecule has 3 aliphatic heterocycles. The Hall–Kier alpha value is -4.03. The second kappa shape index (κ2) is 15.0. The normalized spacial score (nSPS) is 19.5. The van der Waals surface area contributed by atoms with E-state index in [9.17, 15) is 53.8 Å². The molecule has 2 aromatic carbocycles. The van der Waals surface area contributed by atoms with Gasteiger partial charge in [0, 0.05) is 49.1 Å². The molecule has 2 fully saturated rings. The summed E-state index contributed by atoms with van der Waals surface area (Å²) in [5.41, 5.74) is -2.00. The lowest BCUT2D eigenvalue weighted by atomic mass is 9.89. The second-order valence-corrected chi connectivity index (χ2v) is 15.5. The molecule has 290 valence electrons. The van der Waals surface area contributed by atoms with Crippen LogP contribution in [-0.2, 0) is 21.0 Å². The number of nitrogens with one attached hydrogen (secondary N) is 1. The molecule has 0 bridgehead atoms. The maximum atomic E-state index is 13.9. The molecule has 3 heterocycles. The van der Waals surface area contributed by atoms with Crippen molar-refractivity contribution in [2.75, 3.05) is 39.5 Å².